The highest BCUT2D eigenvalue weighted by Gasteiger charge is 2.54. The number of aromatic nitrogens is 3. The van der Waals surface area contributed by atoms with Gasteiger partial charge in [0.25, 0.3) is 5.91 Å². The third-order valence-corrected chi connectivity index (χ3v) is 10.5. The molecule has 14 nitrogen and oxygen atoms in total. The van der Waals surface area contributed by atoms with Crippen molar-refractivity contribution in [2.24, 2.45) is 11.8 Å². The molecule has 2 aliphatic rings. The first kappa shape index (κ1) is 38.8. The molecule has 0 unspecified atom stereocenters. The van der Waals surface area contributed by atoms with Gasteiger partial charge in [-0.3, -0.25) is 28.9 Å². The van der Waals surface area contributed by atoms with Crippen molar-refractivity contribution in [2.45, 2.75) is 109 Å². The molecule has 2 N–H and O–H groups in total. The summed E-state index contributed by atoms with van der Waals surface area (Å²) in [5.74, 6) is -1.67. The highest BCUT2D eigenvalue weighted by Crippen LogP contribution is 2.39. The van der Waals surface area contributed by atoms with E-state index in [-0.39, 0.29) is 48.4 Å². The number of nitrogens with one attached hydrogen (secondary N) is 2. The average Bonchev–Trinajstić information content (AvgIpc) is 3.68. The fourth-order valence-electron chi connectivity index (χ4n) is 6.60. The van der Waals surface area contributed by atoms with Crippen LogP contribution >= 0.6 is 11.3 Å². The Hall–Kier alpha value is -3.98. The topological polar surface area (TPSA) is 173 Å². The van der Waals surface area contributed by atoms with E-state index in [1.54, 1.807) is 42.7 Å². The van der Waals surface area contributed by atoms with Crippen molar-refractivity contribution in [3.63, 3.8) is 0 Å². The van der Waals surface area contributed by atoms with Crippen LogP contribution < -0.4 is 10.6 Å². The lowest BCUT2D eigenvalue weighted by atomic mass is 9.95. The predicted molar refractivity (Wildman–Crippen MR) is 186 cm³/mol. The van der Waals surface area contributed by atoms with E-state index in [9.17, 15) is 24.0 Å². The third kappa shape index (κ3) is 10.1. The van der Waals surface area contributed by atoms with Crippen LogP contribution in [0.1, 0.15) is 100 Å². The van der Waals surface area contributed by atoms with Crippen molar-refractivity contribution < 1.29 is 33.4 Å². The van der Waals surface area contributed by atoms with Crippen LogP contribution in [0.3, 0.4) is 0 Å². The number of likely N-dealkylation sites (N-methyl/N-ethyl adjacent to an activating group) is 2. The lowest BCUT2D eigenvalue weighted by Crippen LogP contribution is -2.57. The van der Waals surface area contributed by atoms with Crippen molar-refractivity contribution in [3.8, 4) is 0 Å². The molecule has 2 fully saturated rings. The smallest absolute Gasteiger partial charge is 0.308 e. The number of rotatable bonds is 16. The summed E-state index contributed by atoms with van der Waals surface area (Å²) in [5.41, 5.74) is -0.808. The summed E-state index contributed by atoms with van der Waals surface area (Å²) in [6.45, 7) is 7.86. The molecule has 4 rings (SSSR count). The zero-order valence-corrected chi connectivity index (χ0v) is 31.0. The zero-order valence-electron chi connectivity index (χ0n) is 30.1. The van der Waals surface area contributed by atoms with E-state index in [0.29, 0.717) is 30.1 Å². The molecule has 2 aromatic rings. The van der Waals surface area contributed by atoms with Crippen LogP contribution in [0.5, 0.6) is 0 Å². The number of hydrogen-bond acceptors (Lipinski definition) is 12. The van der Waals surface area contributed by atoms with E-state index < -0.39 is 41.4 Å². The Kier molecular flexibility index (Phi) is 13.4. The molecular weight excluding hydrogens is 662 g/mol. The Labute approximate surface area is 298 Å². The number of carbonyl (C=O) groups is 5. The molecule has 1 aliphatic carbocycles. The van der Waals surface area contributed by atoms with Gasteiger partial charge in [0.15, 0.2) is 6.10 Å². The highest BCUT2D eigenvalue weighted by atomic mass is 32.1. The molecule has 1 saturated carbocycles. The van der Waals surface area contributed by atoms with E-state index in [4.69, 9.17) is 9.47 Å². The Morgan fingerprint density at radius 2 is 1.80 bits per heavy atom. The molecule has 2 aromatic heterocycles. The maximum absolute atomic E-state index is 14.0. The molecule has 15 heteroatoms. The summed E-state index contributed by atoms with van der Waals surface area (Å²) < 4.78 is 10.6. The number of carbonyl (C=O) groups excluding carboxylic acids is 5. The number of amides is 3. The fraction of sp³-hybridized carbons (Fsp3) is 0.657. The monoisotopic (exact) mass is 713 g/mol. The number of piperidine rings is 1. The fourth-order valence-corrected chi connectivity index (χ4v) is 7.44. The number of methoxy groups -OCH3 is 1. The quantitative estimate of drug-likeness (QED) is 0.245. The lowest BCUT2D eigenvalue weighted by Gasteiger charge is -2.37. The van der Waals surface area contributed by atoms with Crippen molar-refractivity contribution in [1.82, 2.24) is 35.4 Å². The molecule has 0 aromatic carbocycles. The van der Waals surface area contributed by atoms with Crippen molar-refractivity contribution in [3.05, 3.63) is 40.4 Å². The van der Waals surface area contributed by atoms with Crippen molar-refractivity contribution in [1.29, 1.82) is 0 Å². The summed E-state index contributed by atoms with van der Waals surface area (Å²) in [5, 5.41) is 8.05. The van der Waals surface area contributed by atoms with E-state index >= 15 is 0 Å². The predicted octanol–water partition coefficient (Wildman–Crippen LogP) is 3.08. The van der Waals surface area contributed by atoms with Gasteiger partial charge in [-0.05, 0) is 57.7 Å². The lowest BCUT2D eigenvalue weighted by molar-refractivity contribution is -0.149. The summed E-state index contributed by atoms with van der Waals surface area (Å²) in [7, 11) is 4.99. The summed E-state index contributed by atoms with van der Waals surface area (Å²) >= 11 is 1.18. The molecule has 3 heterocycles. The average molecular weight is 714 g/mol. The zero-order chi connectivity index (χ0) is 36.6. The molecule has 50 heavy (non-hydrogen) atoms. The number of ether oxygens (including phenoxy) is 2. The highest BCUT2D eigenvalue weighted by molar-refractivity contribution is 7.09. The molecule has 1 aliphatic heterocycles. The molecule has 5 atom stereocenters. The van der Waals surface area contributed by atoms with E-state index in [1.807, 2.05) is 25.8 Å². The summed E-state index contributed by atoms with van der Waals surface area (Å²) in [6, 6.07) is 0.589. The minimum absolute atomic E-state index is 0.0292. The normalized spacial score (nSPS) is 19.4. The van der Waals surface area contributed by atoms with Gasteiger partial charge in [-0.2, -0.15) is 0 Å². The van der Waals surface area contributed by atoms with Crippen LogP contribution in [0.25, 0.3) is 0 Å². The second-order valence-electron chi connectivity index (χ2n) is 13.9. The van der Waals surface area contributed by atoms with Gasteiger partial charge >= 0.3 is 11.9 Å². The van der Waals surface area contributed by atoms with Gasteiger partial charge in [-0.15, -0.1) is 11.3 Å². The largest absolute Gasteiger partial charge is 0.469 e. The van der Waals surface area contributed by atoms with Crippen LogP contribution in [0.2, 0.25) is 0 Å². The Morgan fingerprint density at radius 1 is 1.10 bits per heavy atom. The van der Waals surface area contributed by atoms with Crippen LogP contribution in [0.4, 0.5) is 0 Å². The van der Waals surface area contributed by atoms with Gasteiger partial charge in [-0.25, -0.2) is 15.0 Å². The Bertz CT molecular complexity index is 1500. The molecule has 0 spiro atoms. The summed E-state index contributed by atoms with van der Waals surface area (Å²) in [6.07, 6.45) is 7.16. The van der Waals surface area contributed by atoms with Crippen molar-refractivity contribution in [2.75, 3.05) is 27.7 Å². The first-order chi connectivity index (χ1) is 23.7. The second kappa shape index (κ2) is 17.3. The Balaban J connectivity index is 1.48. The van der Waals surface area contributed by atoms with Crippen molar-refractivity contribution >= 4 is 41.0 Å². The van der Waals surface area contributed by atoms with E-state index in [2.05, 4.69) is 25.6 Å². The van der Waals surface area contributed by atoms with Gasteiger partial charge in [0, 0.05) is 56.7 Å². The standard InChI is InChI=1S/C35H51N7O7S/c1-21(2)27(42(6)34(47)35(12-13-35)40-31(45)26-11-8-9-16-41(26)5)19-28(49-23(4)43)32-39-25(20-50-32)30(44)38-24(17-22(3)33(46)48-7)18-29-36-14-10-15-37-29/h10,14-15,20-22,24,26-28H,8-9,11-13,16-19H2,1-7H3,(H,38,44)(H,40,45)/t22-,24+,26+,27+,28+/m0/s1. The van der Waals surface area contributed by atoms with Crippen LogP contribution in [-0.2, 0) is 35.1 Å². The minimum atomic E-state index is -0.937. The van der Waals surface area contributed by atoms with E-state index in [0.717, 1.165) is 25.8 Å². The SMILES string of the molecule is COC(=O)[C@@H](C)C[C@H](Cc1ncccn1)NC(=O)c1csc([C@@H](C[C@H](C(C)C)N(C)C(=O)C2(NC(=O)[C@H]3CCCCN3C)CC2)OC(C)=O)n1. The molecule has 1 saturated heterocycles. The van der Waals surface area contributed by atoms with E-state index in [1.165, 1.54) is 25.4 Å². The van der Waals surface area contributed by atoms with Gasteiger partial charge in [-0.1, -0.05) is 27.2 Å². The number of esters is 2. The molecular formula is C35H51N7O7S. The Morgan fingerprint density at radius 3 is 2.40 bits per heavy atom. The third-order valence-electron chi connectivity index (χ3n) is 9.60. The maximum atomic E-state index is 14.0. The van der Waals surface area contributed by atoms with Crippen LogP contribution in [-0.4, -0.2) is 106 Å². The second-order valence-corrected chi connectivity index (χ2v) is 14.8. The number of likely N-dealkylation sites (tertiary alicyclic amines) is 1. The van der Waals surface area contributed by atoms with Crippen LogP contribution in [0, 0.1) is 11.8 Å². The summed E-state index contributed by atoms with van der Waals surface area (Å²) in [4.78, 5) is 81.9. The molecule has 0 radical (unpaired) electrons. The first-order valence-electron chi connectivity index (χ1n) is 17.3. The molecule has 274 valence electrons. The van der Waals surface area contributed by atoms with Crippen LogP contribution in [0.15, 0.2) is 23.8 Å². The number of hydrogen-bond donors (Lipinski definition) is 2. The van der Waals surface area contributed by atoms with Gasteiger partial charge in [0.05, 0.1) is 19.1 Å². The molecule has 3 amide bonds. The number of nitrogens with zero attached hydrogens (tertiary/aromatic N) is 5. The number of thiazole rings is 1. The molecule has 0 bridgehead atoms. The van der Waals surface area contributed by atoms with Gasteiger partial charge in [0.2, 0.25) is 11.8 Å². The van der Waals surface area contributed by atoms with Gasteiger partial charge in [0.1, 0.15) is 22.1 Å². The van der Waals surface area contributed by atoms with Gasteiger partial charge < -0.3 is 25.0 Å². The first-order valence-corrected chi connectivity index (χ1v) is 18.2. The minimum Gasteiger partial charge on any atom is -0.469 e. The maximum Gasteiger partial charge on any atom is 0.308 e.